The molecule has 1 amide bonds. The van der Waals surface area contributed by atoms with E-state index in [1.165, 1.54) is 17.5 Å². The first-order valence-corrected chi connectivity index (χ1v) is 14.1. The van der Waals surface area contributed by atoms with Gasteiger partial charge < -0.3 is 15.5 Å². The summed E-state index contributed by atoms with van der Waals surface area (Å²) < 4.78 is 1.74. The molecule has 2 saturated heterocycles. The molecule has 2 aliphatic heterocycles. The summed E-state index contributed by atoms with van der Waals surface area (Å²) in [5, 5.41) is 40.2. The third-order valence-electron chi connectivity index (χ3n) is 7.70. The van der Waals surface area contributed by atoms with Crippen LogP contribution in [0, 0.1) is 34.5 Å². The van der Waals surface area contributed by atoms with E-state index in [0.717, 1.165) is 59.9 Å². The fourth-order valence-electron chi connectivity index (χ4n) is 5.83. The summed E-state index contributed by atoms with van der Waals surface area (Å²) in [5.41, 5.74) is 4.22. The summed E-state index contributed by atoms with van der Waals surface area (Å²) in [4.78, 5) is 18.8. The van der Waals surface area contributed by atoms with Crippen molar-refractivity contribution in [3.63, 3.8) is 0 Å². The number of fused-ring (bicyclic) bond motifs is 5. The predicted molar refractivity (Wildman–Crippen MR) is 151 cm³/mol. The van der Waals surface area contributed by atoms with Crippen LogP contribution in [0.25, 0.3) is 27.5 Å². The van der Waals surface area contributed by atoms with Gasteiger partial charge in [0.1, 0.15) is 12.1 Å². The summed E-state index contributed by atoms with van der Waals surface area (Å²) >= 11 is 1.51. The highest BCUT2D eigenvalue weighted by molar-refractivity contribution is 7.18. The highest BCUT2D eigenvalue weighted by atomic mass is 32.1. The Morgan fingerprint density at radius 2 is 2.05 bits per heavy atom. The maximum Gasteiger partial charge on any atom is 0.217 e. The molecule has 0 spiro atoms. The molecule has 0 unspecified atom stereocenters. The van der Waals surface area contributed by atoms with Gasteiger partial charge in [-0.25, -0.2) is 4.52 Å². The van der Waals surface area contributed by atoms with Gasteiger partial charge in [-0.1, -0.05) is 11.3 Å². The fraction of sp³-hybridized carbons (Fsp3) is 0.393. The monoisotopic (exact) mass is 552 g/mol. The zero-order chi connectivity index (χ0) is 27.8. The van der Waals surface area contributed by atoms with Crippen molar-refractivity contribution in [2.45, 2.75) is 45.2 Å². The molecule has 4 atom stereocenters. The van der Waals surface area contributed by atoms with Crippen LogP contribution >= 0.6 is 11.3 Å². The standard InChI is InChI=1S/C28H28N10OS/c1-16(10-29)33-24-9-25(26-6-5-21-7-19(11-30)12-32-38(21)26)31-13-22(24)27-35-36-28(40-27)37-14-18-3-4-20(15-37)23(8-18)34-17(2)39/h5-7,9,12-13,16,18,20,23H,3-4,8,14-15H2,1-2H3,(H,31,33)(H,34,39)/t16-,18+,20+,23-/m1/s1. The molecule has 7 rings (SSSR count). The van der Waals surface area contributed by atoms with Gasteiger partial charge in [0.25, 0.3) is 0 Å². The van der Waals surface area contributed by atoms with Crippen LogP contribution in [-0.4, -0.2) is 55.9 Å². The zero-order valence-corrected chi connectivity index (χ0v) is 23.0. The van der Waals surface area contributed by atoms with E-state index in [1.54, 1.807) is 30.6 Å². The number of nitrogens with one attached hydrogen (secondary N) is 2. The number of hydrogen-bond donors (Lipinski definition) is 2. The third kappa shape index (κ3) is 4.94. The minimum absolute atomic E-state index is 0.0284. The average molecular weight is 553 g/mol. The number of aromatic nitrogens is 5. The molecule has 40 heavy (non-hydrogen) atoms. The fourth-order valence-corrected chi connectivity index (χ4v) is 6.71. The molecular weight excluding hydrogens is 524 g/mol. The largest absolute Gasteiger partial charge is 0.369 e. The lowest BCUT2D eigenvalue weighted by atomic mass is 9.80. The van der Waals surface area contributed by atoms with Crippen LogP contribution < -0.4 is 15.5 Å². The number of carbonyl (C=O) groups is 1. The highest BCUT2D eigenvalue weighted by Crippen LogP contribution is 2.40. The first-order chi connectivity index (χ1) is 19.4. The molecule has 11 nitrogen and oxygen atoms in total. The number of hydrogen-bond acceptors (Lipinski definition) is 10. The topological polar surface area (TPSA) is 148 Å². The van der Waals surface area contributed by atoms with Gasteiger partial charge in [-0.2, -0.15) is 15.6 Å². The van der Waals surface area contributed by atoms with Crippen molar-refractivity contribution in [1.29, 1.82) is 10.5 Å². The van der Waals surface area contributed by atoms with E-state index >= 15 is 0 Å². The van der Waals surface area contributed by atoms with Crippen LogP contribution in [0.1, 0.15) is 38.7 Å². The van der Waals surface area contributed by atoms with E-state index in [1.807, 2.05) is 18.2 Å². The van der Waals surface area contributed by atoms with E-state index in [9.17, 15) is 15.3 Å². The van der Waals surface area contributed by atoms with E-state index in [0.29, 0.717) is 28.1 Å². The first kappa shape index (κ1) is 25.7. The summed E-state index contributed by atoms with van der Waals surface area (Å²) in [6, 6.07) is 11.6. The number of amides is 1. The Labute approximate surface area is 235 Å². The molecule has 6 heterocycles. The second-order valence-electron chi connectivity index (χ2n) is 10.6. The van der Waals surface area contributed by atoms with Crippen LogP contribution in [0.4, 0.5) is 10.8 Å². The number of rotatable bonds is 6. The molecule has 4 aromatic rings. The number of nitrogens with zero attached hydrogens (tertiary/aromatic N) is 8. The van der Waals surface area contributed by atoms with Gasteiger partial charge >= 0.3 is 0 Å². The summed E-state index contributed by atoms with van der Waals surface area (Å²) in [7, 11) is 0. The molecule has 3 aliphatic rings. The molecule has 1 aliphatic carbocycles. The number of anilines is 2. The summed E-state index contributed by atoms with van der Waals surface area (Å²) in [6.45, 7) is 5.12. The van der Waals surface area contributed by atoms with Crippen LogP contribution in [0.2, 0.25) is 0 Å². The first-order valence-electron chi connectivity index (χ1n) is 13.3. The Balaban J connectivity index is 1.31. The third-order valence-corrected chi connectivity index (χ3v) is 8.72. The maximum atomic E-state index is 11.7. The van der Waals surface area contributed by atoms with Crippen LogP contribution in [0.5, 0.6) is 0 Å². The van der Waals surface area contributed by atoms with Crippen molar-refractivity contribution in [3.8, 4) is 34.1 Å². The molecule has 12 heteroatoms. The molecule has 2 N–H and O–H groups in total. The number of carbonyl (C=O) groups excluding carboxylic acids is 1. The van der Waals surface area contributed by atoms with E-state index in [-0.39, 0.29) is 11.9 Å². The lowest BCUT2D eigenvalue weighted by Gasteiger charge is -2.32. The Kier molecular flexibility index (Phi) is 6.78. The summed E-state index contributed by atoms with van der Waals surface area (Å²) in [6.07, 6.45) is 6.55. The minimum atomic E-state index is -0.436. The van der Waals surface area contributed by atoms with Crippen molar-refractivity contribution in [2.24, 2.45) is 11.8 Å². The Bertz CT molecular complexity index is 1660. The van der Waals surface area contributed by atoms with E-state index in [4.69, 9.17) is 4.98 Å². The van der Waals surface area contributed by atoms with Crippen molar-refractivity contribution in [3.05, 3.63) is 42.2 Å². The molecule has 0 radical (unpaired) electrons. The molecule has 4 aromatic heterocycles. The molecule has 2 bridgehead atoms. The second kappa shape index (κ2) is 10.5. The number of pyridine rings is 1. The molecule has 202 valence electrons. The lowest BCUT2D eigenvalue weighted by molar-refractivity contribution is -0.120. The molecular formula is C28H28N10OS. The Morgan fingerprint density at radius 1 is 1.18 bits per heavy atom. The van der Waals surface area contributed by atoms with Crippen molar-refractivity contribution >= 4 is 33.6 Å². The maximum absolute atomic E-state index is 11.7. The van der Waals surface area contributed by atoms with Crippen LogP contribution in [0.15, 0.2) is 36.7 Å². The van der Waals surface area contributed by atoms with Crippen molar-refractivity contribution in [1.82, 2.24) is 30.1 Å². The normalized spacial score (nSPS) is 20.9. The van der Waals surface area contributed by atoms with Crippen molar-refractivity contribution in [2.75, 3.05) is 23.3 Å². The Hall–Kier alpha value is -4.55. The van der Waals surface area contributed by atoms with Gasteiger partial charge in [-0.05, 0) is 62.3 Å². The van der Waals surface area contributed by atoms with Gasteiger partial charge in [0, 0.05) is 37.9 Å². The predicted octanol–water partition coefficient (Wildman–Crippen LogP) is 3.85. The van der Waals surface area contributed by atoms with Gasteiger partial charge in [0.15, 0.2) is 5.01 Å². The SMILES string of the molecule is CC(=O)N[C@@H]1C[C@@H]2CC[C@H]1CN(c1nnc(-c3cnc(-c4ccc5cc(C#N)cnn45)cc3N[C@H](C)C#N)s1)C2. The highest BCUT2D eigenvalue weighted by Gasteiger charge is 2.37. The van der Waals surface area contributed by atoms with Gasteiger partial charge in [0.05, 0.1) is 40.3 Å². The van der Waals surface area contributed by atoms with E-state index in [2.05, 4.69) is 43.0 Å². The quantitative estimate of drug-likeness (QED) is 0.364. The van der Waals surface area contributed by atoms with Crippen molar-refractivity contribution < 1.29 is 4.79 Å². The van der Waals surface area contributed by atoms with Gasteiger partial charge in [-0.3, -0.25) is 9.78 Å². The van der Waals surface area contributed by atoms with E-state index < -0.39 is 6.04 Å². The summed E-state index contributed by atoms with van der Waals surface area (Å²) in [5.74, 6) is 0.924. The van der Waals surface area contributed by atoms with Gasteiger partial charge in [0.2, 0.25) is 11.0 Å². The molecule has 3 fully saturated rings. The Morgan fingerprint density at radius 3 is 2.85 bits per heavy atom. The van der Waals surface area contributed by atoms with Gasteiger partial charge in [-0.15, -0.1) is 10.2 Å². The molecule has 0 aromatic carbocycles. The zero-order valence-electron chi connectivity index (χ0n) is 22.2. The second-order valence-corrected chi connectivity index (χ2v) is 11.5. The van der Waals surface area contributed by atoms with Crippen LogP contribution in [-0.2, 0) is 4.79 Å². The lowest BCUT2D eigenvalue weighted by Crippen LogP contribution is -2.43. The van der Waals surface area contributed by atoms with Crippen LogP contribution in [0.3, 0.4) is 0 Å². The molecule has 1 saturated carbocycles. The minimum Gasteiger partial charge on any atom is -0.369 e. The number of nitriles is 2. The average Bonchev–Trinajstić information content (AvgIpc) is 3.51. The smallest absolute Gasteiger partial charge is 0.217 e.